The van der Waals surface area contributed by atoms with Crippen LogP contribution in [0.25, 0.3) is 0 Å². The summed E-state index contributed by atoms with van der Waals surface area (Å²) in [6.07, 6.45) is 1.07. The summed E-state index contributed by atoms with van der Waals surface area (Å²) in [7, 11) is 7.99. The molecule has 1 rings (SSSR count). The topological polar surface area (TPSA) is 24.5 Å². The Morgan fingerprint density at radius 1 is 1.26 bits per heavy atom. The molecule has 1 atom stereocenters. The number of ether oxygens (including phenoxy) is 1. The number of hydrogen-bond donors (Lipinski definition) is 1. The fourth-order valence-electron chi connectivity index (χ4n) is 2.34. The minimum Gasteiger partial charge on any atom is -0.496 e. The molecule has 0 radical (unpaired) electrons. The first kappa shape index (κ1) is 16.0. The lowest BCUT2D eigenvalue weighted by molar-refractivity contribution is 0.273. The molecule has 108 valence electrons. The summed E-state index contributed by atoms with van der Waals surface area (Å²) in [6.45, 7) is 5.41. The molecule has 3 nitrogen and oxygen atoms in total. The van der Waals surface area contributed by atoms with Gasteiger partial charge in [0, 0.05) is 11.6 Å². The van der Waals surface area contributed by atoms with Crippen LogP contribution in [0.2, 0.25) is 0 Å². The van der Waals surface area contributed by atoms with Crippen LogP contribution in [0.1, 0.15) is 43.4 Å². The van der Waals surface area contributed by atoms with E-state index >= 15 is 0 Å². The van der Waals surface area contributed by atoms with Gasteiger partial charge in [0.15, 0.2) is 0 Å². The first-order chi connectivity index (χ1) is 9.01. The summed E-state index contributed by atoms with van der Waals surface area (Å²) in [5.41, 5.74) is 2.60. The third-order valence-corrected chi connectivity index (χ3v) is 3.57. The summed E-state index contributed by atoms with van der Waals surface area (Å²) < 4.78 is 5.60. The Hall–Kier alpha value is -1.06. The van der Waals surface area contributed by atoms with Crippen molar-refractivity contribution in [1.29, 1.82) is 0 Å². The monoisotopic (exact) mass is 264 g/mol. The van der Waals surface area contributed by atoms with Crippen molar-refractivity contribution >= 4 is 0 Å². The second kappa shape index (κ2) is 7.51. The van der Waals surface area contributed by atoms with E-state index in [-0.39, 0.29) is 0 Å². The second-order valence-corrected chi connectivity index (χ2v) is 5.53. The van der Waals surface area contributed by atoms with Crippen LogP contribution in [0.5, 0.6) is 5.75 Å². The maximum Gasteiger partial charge on any atom is 0.123 e. The lowest BCUT2D eigenvalue weighted by atomic mass is 9.96. The van der Waals surface area contributed by atoms with Gasteiger partial charge >= 0.3 is 0 Å². The van der Waals surface area contributed by atoms with E-state index in [4.69, 9.17) is 4.74 Å². The van der Waals surface area contributed by atoms with Crippen molar-refractivity contribution in [1.82, 2.24) is 10.2 Å². The zero-order valence-corrected chi connectivity index (χ0v) is 13.2. The number of rotatable bonds is 7. The number of benzene rings is 1. The van der Waals surface area contributed by atoms with Gasteiger partial charge in [-0.15, -0.1) is 0 Å². The van der Waals surface area contributed by atoms with Crippen LogP contribution < -0.4 is 10.1 Å². The smallest absolute Gasteiger partial charge is 0.123 e. The molecule has 0 aliphatic carbocycles. The van der Waals surface area contributed by atoms with Crippen LogP contribution in [0.3, 0.4) is 0 Å². The predicted molar refractivity (Wildman–Crippen MR) is 82.1 cm³/mol. The Morgan fingerprint density at radius 3 is 2.42 bits per heavy atom. The van der Waals surface area contributed by atoms with Crippen LogP contribution in [-0.4, -0.2) is 39.7 Å². The number of methoxy groups -OCH3 is 1. The van der Waals surface area contributed by atoms with E-state index in [9.17, 15) is 0 Å². The minimum absolute atomic E-state index is 0.378. The Labute approximate surface area is 118 Å². The Balaban J connectivity index is 3.08. The van der Waals surface area contributed by atoms with Crippen LogP contribution in [0.4, 0.5) is 0 Å². The predicted octanol–water partition coefficient (Wildman–Crippen LogP) is 3.03. The van der Waals surface area contributed by atoms with Crippen molar-refractivity contribution in [3.05, 3.63) is 29.3 Å². The summed E-state index contributed by atoms with van der Waals surface area (Å²) in [5, 5.41) is 3.22. The van der Waals surface area contributed by atoms with Gasteiger partial charge in [-0.3, -0.25) is 0 Å². The van der Waals surface area contributed by atoms with Crippen LogP contribution in [0, 0.1) is 0 Å². The zero-order valence-electron chi connectivity index (χ0n) is 13.2. The van der Waals surface area contributed by atoms with Gasteiger partial charge < -0.3 is 15.0 Å². The fraction of sp³-hybridized carbons (Fsp3) is 0.625. The van der Waals surface area contributed by atoms with Crippen LogP contribution in [-0.2, 0) is 0 Å². The molecule has 1 aromatic rings. The molecule has 3 heteroatoms. The molecule has 0 bridgehead atoms. The first-order valence-electron chi connectivity index (χ1n) is 7.00. The van der Waals surface area contributed by atoms with Gasteiger partial charge in [0.05, 0.1) is 7.11 Å². The molecular weight excluding hydrogens is 236 g/mol. The summed E-state index contributed by atoms with van der Waals surface area (Å²) in [6, 6.07) is 6.99. The normalized spacial score (nSPS) is 13.1. The maximum atomic E-state index is 5.60. The van der Waals surface area contributed by atoms with Gasteiger partial charge in [-0.1, -0.05) is 26.0 Å². The molecule has 0 saturated carbocycles. The molecule has 0 aromatic heterocycles. The van der Waals surface area contributed by atoms with Crippen molar-refractivity contribution < 1.29 is 4.74 Å². The summed E-state index contributed by atoms with van der Waals surface area (Å²) >= 11 is 0. The summed E-state index contributed by atoms with van der Waals surface area (Å²) in [4.78, 5) is 2.25. The molecule has 0 spiro atoms. The first-order valence-corrected chi connectivity index (χ1v) is 7.00. The fourth-order valence-corrected chi connectivity index (χ4v) is 2.34. The van der Waals surface area contributed by atoms with E-state index in [2.05, 4.69) is 56.4 Å². The van der Waals surface area contributed by atoms with Gasteiger partial charge in [0.2, 0.25) is 0 Å². The molecule has 0 aliphatic heterocycles. The van der Waals surface area contributed by atoms with E-state index in [0.29, 0.717) is 12.0 Å². The van der Waals surface area contributed by atoms with E-state index < -0.39 is 0 Å². The quantitative estimate of drug-likeness (QED) is 0.819. The lowest BCUT2D eigenvalue weighted by Gasteiger charge is -2.27. The van der Waals surface area contributed by atoms with E-state index in [0.717, 1.165) is 18.7 Å². The van der Waals surface area contributed by atoms with Gasteiger partial charge in [0.1, 0.15) is 5.75 Å². The molecule has 1 N–H and O–H groups in total. The third-order valence-electron chi connectivity index (χ3n) is 3.57. The van der Waals surface area contributed by atoms with E-state index in [1.165, 1.54) is 11.1 Å². The molecule has 0 amide bonds. The van der Waals surface area contributed by atoms with Gasteiger partial charge in [-0.05, 0) is 51.7 Å². The van der Waals surface area contributed by atoms with Crippen molar-refractivity contribution in [2.75, 3.05) is 34.8 Å². The van der Waals surface area contributed by atoms with Gasteiger partial charge in [-0.2, -0.15) is 0 Å². The highest BCUT2D eigenvalue weighted by Gasteiger charge is 2.18. The van der Waals surface area contributed by atoms with Gasteiger partial charge in [0.25, 0.3) is 0 Å². The molecule has 0 fully saturated rings. The zero-order chi connectivity index (χ0) is 14.4. The molecule has 19 heavy (non-hydrogen) atoms. The largest absolute Gasteiger partial charge is 0.496 e. The SMILES string of the molecule is CNCCC(c1ccc(C(C)C)cc1OC)N(C)C. The average molecular weight is 264 g/mol. The highest BCUT2D eigenvalue weighted by Crippen LogP contribution is 2.32. The third kappa shape index (κ3) is 4.22. The molecule has 1 unspecified atom stereocenters. The van der Waals surface area contributed by atoms with Crippen molar-refractivity contribution in [3.8, 4) is 5.75 Å². The Kier molecular flexibility index (Phi) is 6.32. The molecule has 1 aromatic carbocycles. The lowest BCUT2D eigenvalue weighted by Crippen LogP contribution is -2.24. The number of nitrogens with zero attached hydrogens (tertiary/aromatic N) is 1. The Bertz CT molecular complexity index is 388. The summed E-state index contributed by atoms with van der Waals surface area (Å²) in [5.74, 6) is 1.53. The van der Waals surface area contributed by atoms with E-state index in [1.807, 2.05) is 7.05 Å². The van der Waals surface area contributed by atoms with Crippen LogP contribution >= 0.6 is 0 Å². The van der Waals surface area contributed by atoms with E-state index in [1.54, 1.807) is 7.11 Å². The molecular formula is C16H28N2O. The Morgan fingerprint density at radius 2 is 1.95 bits per heavy atom. The standard InChI is InChI=1S/C16H28N2O/c1-12(2)13-7-8-14(16(11-13)19-6)15(18(4)5)9-10-17-3/h7-8,11-12,15,17H,9-10H2,1-6H3. The number of hydrogen-bond acceptors (Lipinski definition) is 3. The molecule has 0 aliphatic rings. The second-order valence-electron chi connectivity index (χ2n) is 5.53. The van der Waals surface area contributed by atoms with Crippen molar-refractivity contribution in [2.45, 2.75) is 32.2 Å². The molecule has 0 heterocycles. The van der Waals surface area contributed by atoms with Crippen molar-refractivity contribution in [2.24, 2.45) is 0 Å². The average Bonchev–Trinajstić information content (AvgIpc) is 2.38. The van der Waals surface area contributed by atoms with Crippen molar-refractivity contribution in [3.63, 3.8) is 0 Å². The highest BCUT2D eigenvalue weighted by atomic mass is 16.5. The maximum absolute atomic E-state index is 5.60. The number of nitrogens with one attached hydrogen (secondary N) is 1. The van der Waals surface area contributed by atoms with Gasteiger partial charge in [-0.25, -0.2) is 0 Å². The van der Waals surface area contributed by atoms with Crippen LogP contribution in [0.15, 0.2) is 18.2 Å². The highest BCUT2D eigenvalue weighted by molar-refractivity contribution is 5.40. The minimum atomic E-state index is 0.378. The molecule has 0 saturated heterocycles.